The van der Waals surface area contributed by atoms with Crippen LogP contribution in [0.25, 0.3) is 11.1 Å². The Balaban J connectivity index is 1.58. The number of amides is 1. The maximum atomic E-state index is 14.2. The summed E-state index contributed by atoms with van der Waals surface area (Å²) in [6, 6.07) is 18.5. The van der Waals surface area contributed by atoms with Crippen LogP contribution in [0, 0.1) is 0 Å². The molecule has 2 aliphatic rings. The molecule has 2 atom stereocenters. The summed E-state index contributed by atoms with van der Waals surface area (Å²) < 4.78 is 0.961. The van der Waals surface area contributed by atoms with Crippen LogP contribution >= 0.6 is 15.9 Å². The number of nitrogens with one attached hydrogen (secondary N) is 2. The minimum atomic E-state index is -0.163. The van der Waals surface area contributed by atoms with E-state index in [4.69, 9.17) is 0 Å². The number of H-pyrrole nitrogens is 1. The lowest BCUT2D eigenvalue weighted by Crippen LogP contribution is -2.54. The van der Waals surface area contributed by atoms with Crippen molar-refractivity contribution in [3.63, 3.8) is 0 Å². The van der Waals surface area contributed by atoms with Gasteiger partial charge in [0.1, 0.15) is 5.69 Å². The molecule has 0 bridgehead atoms. The van der Waals surface area contributed by atoms with Crippen molar-refractivity contribution in [2.24, 2.45) is 0 Å². The van der Waals surface area contributed by atoms with Gasteiger partial charge in [0, 0.05) is 47.3 Å². The number of piperazine rings is 1. The largest absolute Gasteiger partial charge is 0.390 e. The lowest BCUT2D eigenvalue weighted by atomic mass is 9.86. The molecule has 3 N–H and O–H groups in total. The average molecular weight is 532 g/mol. The maximum absolute atomic E-state index is 14.2. The summed E-state index contributed by atoms with van der Waals surface area (Å²) in [5.41, 5.74) is 5.37. The molecule has 3 aromatic rings. The Kier molecular flexibility index (Phi) is 7.32. The Bertz CT molecular complexity index is 1250. The highest BCUT2D eigenvalue weighted by Crippen LogP contribution is 2.40. The predicted octanol–water partition coefficient (Wildman–Crippen LogP) is 5.19. The van der Waals surface area contributed by atoms with Crippen LogP contribution in [-0.4, -0.2) is 46.6 Å². The molecule has 2 aromatic carbocycles. The van der Waals surface area contributed by atoms with E-state index in [1.807, 2.05) is 59.5 Å². The van der Waals surface area contributed by atoms with Crippen LogP contribution < -0.4 is 5.32 Å². The van der Waals surface area contributed by atoms with Crippen molar-refractivity contribution in [3.05, 3.63) is 106 Å². The first kappa shape index (κ1) is 23.8. The van der Waals surface area contributed by atoms with Gasteiger partial charge in [-0.1, -0.05) is 82.7 Å². The summed E-state index contributed by atoms with van der Waals surface area (Å²) in [6.07, 6.45) is 9.99. The van der Waals surface area contributed by atoms with Crippen LogP contribution in [-0.2, 0) is 13.0 Å². The fraction of sp³-hybridized carbons (Fsp3) is 0.276. The number of carbonyl (C=O) groups excluding carboxylic acids is 1. The second-order valence-corrected chi connectivity index (χ2v) is 10.1. The van der Waals surface area contributed by atoms with Gasteiger partial charge >= 0.3 is 0 Å². The Morgan fingerprint density at radius 1 is 1.11 bits per heavy atom. The van der Waals surface area contributed by atoms with Gasteiger partial charge in [0.15, 0.2) is 0 Å². The molecule has 1 fully saturated rings. The molecular formula is C29H30BrN3O2. The Labute approximate surface area is 214 Å². The van der Waals surface area contributed by atoms with E-state index in [-0.39, 0.29) is 24.5 Å². The van der Waals surface area contributed by atoms with Gasteiger partial charge in [-0.3, -0.25) is 4.79 Å². The van der Waals surface area contributed by atoms with Crippen LogP contribution in [0.2, 0.25) is 0 Å². The van der Waals surface area contributed by atoms with Gasteiger partial charge < -0.3 is 20.3 Å². The second kappa shape index (κ2) is 10.8. The minimum Gasteiger partial charge on any atom is -0.390 e. The average Bonchev–Trinajstić information content (AvgIpc) is 3.30. The van der Waals surface area contributed by atoms with Crippen molar-refractivity contribution in [1.29, 1.82) is 0 Å². The zero-order valence-corrected chi connectivity index (χ0v) is 21.2. The molecule has 1 amide bonds. The van der Waals surface area contributed by atoms with Gasteiger partial charge in [-0.15, -0.1) is 0 Å². The van der Waals surface area contributed by atoms with Crippen LogP contribution in [0.3, 0.4) is 0 Å². The normalized spacial score (nSPS) is 19.8. The first-order valence-corrected chi connectivity index (χ1v) is 13.0. The van der Waals surface area contributed by atoms with E-state index in [0.29, 0.717) is 17.9 Å². The number of aromatic amines is 1. The van der Waals surface area contributed by atoms with Crippen molar-refractivity contribution >= 4 is 21.8 Å². The number of rotatable bonds is 6. The van der Waals surface area contributed by atoms with Gasteiger partial charge in [0.25, 0.3) is 5.91 Å². The molecule has 1 unspecified atom stereocenters. The topological polar surface area (TPSA) is 68.4 Å². The quantitative estimate of drug-likeness (QED) is 0.409. The summed E-state index contributed by atoms with van der Waals surface area (Å²) in [5, 5.41) is 13.8. The minimum absolute atomic E-state index is 0.00123. The Hall–Kier alpha value is -2.93. The van der Waals surface area contributed by atoms with Crippen LogP contribution in [0.5, 0.6) is 0 Å². The predicted molar refractivity (Wildman–Crippen MR) is 143 cm³/mol. The molecule has 1 aliphatic carbocycles. The highest BCUT2D eigenvalue weighted by molar-refractivity contribution is 9.10. The number of aliphatic hydroxyl groups excluding tert-OH is 1. The van der Waals surface area contributed by atoms with Crippen LogP contribution in [0.4, 0.5) is 0 Å². The number of allylic oxidation sites excluding steroid dienone is 4. The van der Waals surface area contributed by atoms with E-state index in [1.54, 1.807) is 0 Å². The summed E-state index contributed by atoms with van der Waals surface area (Å²) in [5.74, 6) is 0.0568. The first-order valence-electron chi connectivity index (χ1n) is 12.2. The summed E-state index contributed by atoms with van der Waals surface area (Å²) >= 11 is 3.58. The fourth-order valence-corrected chi connectivity index (χ4v) is 5.63. The molecule has 6 heteroatoms. The zero-order chi connectivity index (χ0) is 24.2. The Morgan fingerprint density at radius 3 is 2.71 bits per heavy atom. The molecule has 1 aliphatic heterocycles. The summed E-state index contributed by atoms with van der Waals surface area (Å²) in [7, 11) is 0. The van der Waals surface area contributed by atoms with E-state index < -0.39 is 0 Å². The van der Waals surface area contributed by atoms with Crippen molar-refractivity contribution in [3.8, 4) is 11.1 Å². The van der Waals surface area contributed by atoms with E-state index in [2.05, 4.69) is 50.5 Å². The van der Waals surface area contributed by atoms with Gasteiger partial charge in [-0.25, -0.2) is 0 Å². The number of carbonyl (C=O) groups is 1. The number of hydrogen-bond acceptors (Lipinski definition) is 3. The maximum Gasteiger partial charge on any atom is 0.270 e. The van der Waals surface area contributed by atoms with Gasteiger partial charge in [0.2, 0.25) is 0 Å². The monoisotopic (exact) mass is 531 g/mol. The number of nitrogens with zero attached hydrogens (tertiary/aromatic N) is 1. The standard InChI is InChI=1S/C29H30BrN3O2/c30-23-13-7-12-22(17-23)26-25(19-34)32-28(27(26)21-10-5-2-6-11-21)29(35)33-15-14-31-18-24(33)16-20-8-3-1-4-9-20/h1-10,12-13,17,21,24,31-32,34H,11,14-16,18-19H2/t21?,24-/m1/s1. The summed E-state index contributed by atoms with van der Waals surface area (Å²) in [6.45, 7) is 2.01. The van der Waals surface area contributed by atoms with Gasteiger partial charge in [-0.2, -0.15) is 0 Å². The molecule has 0 spiro atoms. The highest BCUT2D eigenvalue weighted by Gasteiger charge is 2.33. The van der Waals surface area contributed by atoms with Crippen molar-refractivity contribution in [2.75, 3.05) is 19.6 Å². The van der Waals surface area contributed by atoms with Crippen LogP contribution in [0.1, 0.15) is 39.6 Å². The molecule has 1 aromatic heterocycles. The molecule has 35 heavy (non-hydrogen) atoms. The third-order valence-electron chi connectivity index (χ3n) is 6.88. The molecule has 2 heterocycles. The van der Waals surface area contributed by atoms with E-state index in [1.165, 1.54) is 5.56 Å². The second-order valence-electron chi connectivity index (χ2n) is 9.14. The lowest BCUT2D eigenvalue weighted by molar-refractivity contribution is 0.0629. The van der Waals surface area contributed by atoms with Crippen molar-refractivity contribution < 1.29 is 9.90 Å². The number of aromatic nitrogens is 1. The lowest BCUT2D eigenvalue weighted by Gasteiger charge is -2.36. The third kappa shape index (κ3) is 5.06. The summed E-state index contributed by atoms with van der Waals surface area (Å²) in [4.78, 5) is 19.5. The first-order chi connectivity index (χ1) is 17.2. The molecule has 5 rings (SSSR count). The number of benzene rings is 2. The SMILES string of the molecule is O=C(c1[nH]c(CO)c(-c2cccc(Br)c2)c1C1C=CC=CC1)N1CCNC[C@H]1Cc1ccccc1. The molecule has 0 radical (unpaired) electrons. The number of hydrogen-bond donors (Lipinski definition) is 3. The van der Waals surface area contributed by atoms with E-state index >= 15 is 0 Å². The molecular weight excluding hydrogens is 502 g/mol. The third-order valence-corrected chi connectivity index (χ3v) is 7.37. The van der Waals surface area contributed by atoms with Crippen molar-refractivity contribution in [1.82, 2.24) is 15.2 Å². The van der Waals surface area contributed by atoms with E-state index in [0.717, 1.165) is 47.1 Å². The molecule has 5 nitrogen and oxygen atoms in total. The van der Waals surface area contributed by atoms with Crippen LogP contribution in [0.15, 0.2) is 83.4 Å². The van der Waals surface area contributed by atoms with Crippen molar-refractivity contribution in [2.45, 2.75) is 31.4 Å². The van der Waals surface area contributed by atoms with E-state index in [9.17, 15) is 9.90 Å². The fourth-order valence-electron chi connectivity index (χ4n) is 5.24. The zero-order valence-electron chi connectivity index (χ0n) is 19.6. The number of halogens is 1. The molecule has 1 saturated heterocycles. The molecule has 180 valence electrons. The highest BCUT2D eigenvalue weighted by atomic mass is 79.9. The van der Waals surface area contributed by atoms with Gasteiger partial charge in [0.05, 0.1) is 6.61 Å². The number of aliphatic hydroxyl groups is 1. The molecule has 0 saturated carbocycles. The Morgan fingerprint density at radius 2 is 1.97 bits per heavy atom. The van der Waals surface area contributed by atoms with Gasteiger partial charge in [-0.05, 0) is 41.7 Å². The smallest absolute Gasteiger partial charge is 0.270 e.